The maximum absolute atomic E-state index is 5.85. The van der Waals surface area contributed by atoms with Crippen LogP contribution in [0, 0.1) is 0 Å². The van der Waals surface area contributed by atoms with Crippen LogP contribution in [0.5, 0.6) is 0 Å². The van der Waals surface area contributed by atoms with Crippen molar-refractivity contribution in [1.82, 2.24) is 9.97 Å². The highest BCUT2D eigenvalue weighted by Crippen LogP contribution is 2.28. The molecule has 0 fully saturated rings. The van der Waals surface area contributed by atoms with Gasteiger partial charge in [0.05, 0.1) is 0 Å². The summed E-state index contributed by atoms with van der Waals surface area (Å²) in [5.41, 5.74) is 0.634. The van der Waals surface area contributed by atoms with E-state index in [1.807, 2.05) is 20.0 Å². The van der Waals surface area contributed by atoms with Gasteiger partial charge in [-0.15, -0.1) is 0 Å². The first-order valence-corrected chi connectivity index (χ1v) is 6.68. The number of nitrogens with zero attached hydrogens (tertiary/aromatic N) is 2. The van der Waals surface area contributed by atoms with Gasteiger partial charge in [-0.05, 0) is 26.2 Å². The number of rotatable bonds is 6. The van der Waals surface area contributed by atoms with Crippen LogP contribution in [-0.2, 0) is 10.3 Å². The van der Waals surface area contributed by atoms with Crippen LogP contribution in [0.15, 0.2) is 6.07 Å². The fourth-order valence-corrected chi connectivity index (χ4v) is 1.77. The fourth-order valence-electron chi connectivity index (χ4n) is 1.77. The summed E-state index contributed by atoms with van der Waals surface area (Å²) in [6, 6.07) is 2.00. The first kappa shape index (κ1) is 14.9. The van der Waals surface area contributed by atoms with Crippen LogP contribution in [0.4, 0.5) is 5.82 Å². The van der Waals surface area contributed by atoms with Crippen LogP contribution in [0.25, 0.3) is 0 Å². The molecule has 0 bridgehead atoms. The molecule has 0 radical (unpaired) electrons. The van der Waals surface area contributed by atoms with E-state index < -0.39 is 5.60 Å². The fraction of sp³-hybridized carbons (Fsp3) is 0.714. The number of anilines is 1. The highest BCUT2D eigenvalue weighted by atomic mass is 16.5. The van der Waals surface area contributed by atoms with E-state index in [4.69, 9.17) is 4.74 Å². The third-order valence-corrected chi connectivity index (χ3v) is 3.20. The van der Waals surface area contributed by atoms with Crippen LogP contribution in [0.2, 0.25) is 0 Å². The molecule has 4 nitrogen and oxygen atoms in total. The number of hydrogen-bond acceptors (Lipinski definition) is 4. The first-order valence-electron chi connectivity index (χ1n) is 6.68. The van der Waals surface area contributed by atoms with Crippen molar-refractivity contribution in [3.63, 3.8) is 0 Å². The topological polar surface area (TPSA) is 47.0 Å². The van der Waals surface area contributed by atoms with Gasteiger partial charge < -0.3 is 10.1 Å². The molecule has 0 aromatic carbocycles. The molecule has 0 spiro atoms. The first-order chi connectivity index (χ1) is 8.46. The Labute approximate surface area is 110 Å². The van der Waals surface area contributed by atoms with Gasteiger partial charge in [-0.3, -0.25) is 0 Å². The zero-order chi connectivity index (χ0) is 13.8. The van der Waals surface area contributed by atoms with Gasteiger partial charge in [-0.2, -0.15) is 0 Å². The molecule has 0 amide bonds. The van der Waals surface area contributed by atoms with Crippen molar-refractivity contribution >= 4 is 5.82 Å². The normalized spacial score (nSPS) is 14.6. The second kappa shape index (κ2) is 6.14. The van der Waals surface area contributed by atoms with Gasteiger partial charge in [-0.1, -0.05) is 20.8 Å². The van der Waals surface area contributed by atoms with E-state index in [2.05, 4.69) is 43.0 Å². The minimum Gasteiger partial charge on any atom is -0.373 e. The molecule has 4 heteroatoms. The summed E-state index contributed by atoms with van der Waals surface area (Å²) in [7, 11) is 1.88. The van der Waals surface area contributed by atoms with Crippen molar-refractivity contribution < 1.29 is 4.74 Å². The van der Waals surface area contributed by atoms with Gasteiger partial charge in [0.2, 0.25) is 0 Å². The molecule has 0 aliphatic heterocycles. The van der Waals surface area contributed by atoms with Crippen LogP contribution < -0.4 is 5.32 Å². The van der Waals surface area contributed by atoms with Crippen LogP contribution in [0.1, 0.15) is 58.5 Å². The van der Waals surface area contributed by atoms with Crippen molar-refractivity contribution in [3.8, 4) is 0 Å². The predicted molar refractivity (Wildman–Crippen MR) is 74.9 cm³/mol. The number of ether oxygens (including phenoxy) is 1. The lowest BCUT2D eigenvalue weighted by atomic mass is 10.0. The third kappa shape index (κ3) is 3.19. The molecule has 1 aromatic rings. The SMILES string of the molecule is CCOC(C)(CC)c1nc(NC)cc(C(C)C)n1. The molecule has 0 saturated carbocycles. The summed E-state index contributed by atoms with van der Waals surface area (Å²) in [5.74, 6) is 1.99. The van der Waals surface area contributed by atoms with Gasteiger partial charge in [0.1, 0.15) is 11.4 Å². The molecule has 1 heterocycles. The van der Waals surface area contributed by atoms with Gasteiger partial charge >= 0.3 is 0 Å². The third-order valence-electron chi connectivity index (χ3n) is 3.20. The average molecular weight is 251 g/mol. The van der Waals surface area contributed by atoms with E-state index in [-0.39, 0.29) is 0 Å². The van der Waals surface area contributed by atoms with Crippen molar-refractivity contribution in [1.29, 1.82) is 0 Å². The number of nitrogens with one attached hydrogen (secondary N) is 1. The summed E-state index contributed by atoms with van der Waals surface area (Å²) in [4.78, 5) is 9.21. The standard InChI is InChI=1S/C14H25N3O/c1-7-14(5,18-8-2)13-16-11(10(3)4)9-12(15-6)17-13/h9-10H,7-8H2,1-6H3,(H,15,16,17). The zero-order valence-corrected chi connectivity index (χ0v) is 12.4. The lowest BCUT2D eigenvalue weighted by Crippen LogP contribution is -2.28. The minimum atomic E-state index is -0.411. The molecule has 1 N–H and O–H groups in total. The van der Waals surface area contributed by atoms with Gasteiger partial charge in [-0.25, -0.2) is 9.97 Å². The van der Waals surface area contributed by atoms with E-state index in [1.54, 1.807) is 0 Å². The Morgan fingerprint density at radius 1 is 1.33 bits per heavy atom. The van der Waals surface area contributed by atoms with Gasteiger partial charge in [0.15, 0.2) is 5.82 Å². The van der Waals surface area contributed by atoms with E-state index in [9.17, 15) is 0 Å². The molecule has 1 aromatic heterocycles. The van der Waals surface area contributed by atoms with Crippen molar-refractivity contribution in [2.75, 3.05) is 19.0 Å². The summed E-state index contributed by atoms with van der Waals surface area (Å²) < 4.78 is 5.85. The van der Waals surface area contributed by atoms with E-state index in [0.29, 0.717) is 12.5 Å². The van der Waals surface area contributed by atoms with E-state index in [1.165, 1.54) is 0 Å². The monoisotopic (exact) mass is 251 g/mol. The van der Waals surface area contributed by atoms with Crippen molar-refractivity contribution in [2.45, 2.75) is 52.6 Å². The largest absolute Gasteiger partial charge is 0.373 e. The summed E-state index contributed by atoms with van der Waals surface area (Å²) in [6.07, 6.45) is 0.853. The Morgan fingerprint density at radius 3 is 2.44 bits per heavy atom. The molecular formula is C14H25N3O. The molecule has 18 heavy (non-hydrogen) atoms. The van der Waals surface area contributed by atoms with E-state index >= 15 is 0 Å². The molecule has 1 atom stereocenters. The smallest absolute Gasteiger partial charge is 0.162 e. The zero-order valence-electron chi connectivity index (χ0n) is 12.4. The highest BCUT2D eigenvalue weighted by molar-refractivity contribution is 5.36. The molecule has 0 aliphatic carbocycles. The predicted octanol–water partition coefficient (Wildman–Crippen LogP) is 3.30. The average Bonchev–Trinajstić information content (AvgIpc) is 2.38. The Bertz CT molecular complexity index is 393. The number of aromatic nitrogens is 2. The van der Waals surface area contributed by atoms with Crippen molar-refractivity contribution in [3.05, 3.63) is 17.6 Å². The quantitative estimate of drug-likeness (QED) is 0.842. The number of hydrogen-bond donors (Lipinski definition) is 1. The van der Waals surface area contributed by atoms with Crippen molar-refractivity contribution in [2.24, 2.45) is 0 Å². The maximum Gasteiger partial charge on any atom is 0.162 e. The Morgan fingerprint density at radius 2 is 2.00 bits per heavy atom. The van der Waals surface area contributed by atoms with Crippen LogP contribution in [0.3, 0.4) is 0 Å². The molecule has 102 valence electrons. The maximum atomic E-state index is 5.85. The summed E-state index contributed by atoms with van der Waals surface area (Å²) in [5, 5.41) is 3.09. The Hall–Kier alpha value is -1.16. The lowest BCUT2D eigenvalue weighted by molar-refractivity contribution is -0.0391. The second-order valence-electron chi connectivity index (χ2n) is 4.92. The Kier molecular flexibility index (Phi) is 5.08. The molecule has 1 rings (SSSR count). The highest BCUT2D eigenvalue weighted by Gasteiger charge is 2.29. The van der Waals surface area contributed by atoms with Gasteiger partial charge in [0, 0.05) is 25.4 Å². The molecule has 0 aliphatic rings. The second-order valence-corrected chi connectivity index (χ2v) is 4.92. The van der Waals surface area contributed by atoms with Crippen LogP contribution in [-0.4, -0.2) is 23.6 Å². The lowest BCUT2D eigenvalue weighted by Gasteiger charge is -2.27. The molecule has 1 unspecified atom stereocenters. The van der Waals surface area contributed by atoms with Gasteiger partial charge in [0.25, 0.3) is 0 Å². The Balaban J connectivity index is 3.25. The minimum absolute atomic E-state index is 0.376. The molecular weight excluding hydrogens is 226 g/mol. The summed E-state index contributed by atoms with van der Waals surface area (Å²) in [6.45, 7) is 11.1. The molecule has 0 saturated heterocycles. The van der Waals surface area contributed by atoms with E-state index in [0.717, 1.165) is 23.8 Å². The van der Waals surface area contributed by atoms with Crippen LogP contribution >= 0.6 is 0 Å². The summed E-state index contributed by atoms with van der Waals surface area (Å²) >= 11 is 0.